The quantitative estimate of drug-likeness (QED) is 0.335. The van der Waals surface area contributed by atoms with E-state index in [4.69, 9.17) is 10.9 Å². The Morgan fingerprint density at radius 3 is 2.57 bits per heavy atom. The fraction of sp³-hybridized carbons (Fsp3) is 0.615. The standard InChI is InChI=1S/C13H22N6O2/c1-13(2,12(14)16-21)19-8-6-18(7-9-19)10-11(20)17(3)5-4-15-10/h4-5,21H,6-9H2,1-3H3,(H2,14,16). The lowest BCUT2D eigenvalue weighted by atomic mass is 10.0. The molecule has 1 aliphatic rings. The molecule has 0 bridgehead atoms. The summed E-state index contributed by atoms with van der Waals surface area (Å²) in [7, 11) is 1.71. The van der Waals surface area contributed by atoms with Crippen molar-refractivity contribution in [3.63, 3.8) is 0 Å². The lowest BCUT2D eigenvalue weighted by Gasteiger charge is -2.43. The average Bonchev–Trinajstić information content (AvgIpc) is 2.49. The number of amidine groups is 1. The largest absolute Gasteiger partial charge is 0.409 e. The zero-order valence-electron chi connectivity index (χ0n) is 12.7. The maximum Gasteiger partial charge on any atom is 0.293 e. The van der Waals surface area contributed by atoms with E-state index in [-0.39, 0.29) is 11.4 Å². The highest BCUT2D eigenvalue weighted by atomic mass is 16.4. The van der Waals surface area contributed by atoms with Gasteiger partial charge in [0.25, 0.3) is 5.56 Å². The van der Waals surface area contributed by atoms with Crippen LogP contribution in [0.4, 0.5) is 5.82 Å². The number of nitrogens with zero attached hydrogens (tertiary/aromatic N) is 5. The van der Waals surface area contributed by atoms with Crippen LogP contribution in [0.2, 0.25) is 0 Å². The molecule has 8 nitrogen and oxygen atoms in total. The van der Waals surface area contributed by atoms with Gasteiger partial charge in [-0.05, 0) is 13.8 Å². The van der Waals surface area contributed by atoms with E-state index in [9.17, 15) is 4.79 Å². The van der Waals surface area contributed by atoms with Gasteiger partial charge in [-0.25, -0.2) is 4.98 Å². The zero-order valence-corrected chi connectivity index (χ0v) is 12.7. The van der Waals surface area contributed by atoms with Crippen molar-refractivity contribution in [2.75, 3.05) is 31.1 Å². The van der Waals surface area contributed by atoms with E-state index in [1.54, 1.807) is 19.4 Å². The zero-order chi connectivity index (χ0) is 15.6. The smallest absolute Gasteiger partial charge is 0.293 e. The van der Waals surface area contributed by atoms with Crippen molar-refractivity contribution in [3.05, 3.63) is 22.7 Å². The highest BCUT2D eigenvalue weighted by molar-refractivity contribution is 5.88. The molecule has 1 aromatic rings. The van der Waals surface area contributed by atoms with Crippen LogP contribution in [-0.4, -0.2) is 57.2 Å². The van der Waals surface area contributed by atoms with Crippen LogP contribution in [0, 0.1) is 0 Å². The maximum atomic E-state index is 12.1. The van der Waals surface area contributed by atoms with Gasteiger partial charge in [0.15, 0.2) is 11.7 Å². The summed E-state index contributed by atoms with van der Waals surface area (Å²) >= 11 is 0. The molecule has 0 unspecified atom stereocenters. The Balaban J connectivity index is 2.11. The molecule has 0 aromatic carbocycles. The van der Waals surface area contributed by atoms with Crippen molar-refractivity contribution in [2.45, 2.75) is 19.4 Å². The van der Waals surface area contributed by atoms with Crippen LogP contribution < -0.4 is 16.2 Å². The minimum Gasteiger partial charge on any atom is -0.409 e. The SMILES string of the molecule is Cn1ccnc(N2CCN(C(C)(C)C(N)=NO)CC2)c1=O. The fourth-order valence-corrected chi connectivity index (χ4v) is 2.46. The van der Waals surface area contributed by atoms with Crippen LogP contribution >= 0.6 is 0 Å². The molecule has 1 saturated heterocycles. The molecule has 1 fully saturated rings. The number of hydrogen-bond acceptors (Lipinski definition) is 6. The molecular formula is C13H22N6O2. The van der Waals surface area contributed by atoms with Gasteiger partial charge >= 0.3 is 0 Å². The lowest BCUT2D eigenvalue weighted by Crippen LogP contribution is -2.60. The van der Waals surface area contributed by atoms with E-state index in [2.05, 4.69) is 15.0 Å². The summed E-state index contributed by atoms with van der Waals surface area (Å²) in [6.07, 6.45) is 3.27. The molecule has 2 rings (SSSR count). The van der Waals surface area contributed by atoms with Gasteiger partial charge in [-0.15, -0.1) is 0 Å². The molecular weight excluding hydrogens is 272 g/mol. The van der Waals surface area contributed by atoms with Gasteiger partial charge in [0, 0.05) is 45.6 Å². The third kappa shape index (κ3) is 2.85. The van der Waals surface area contributed by atoms with E-state index >= 15 is 0 Å². The third-order valence-corrected chi connectivity index (χ3v) is 4.10. The molecule has 1 aromatic heterocycles. The minimum atomic E-state index is -0.518. The molecule has 0 radical (unpaired) electrons. The van der Waals surface area contributed by atoms with E-state index in [1.165, 1.54) is 4.57 Å². The summed E-state index contributed by atoms with van der Waals surface area (Å²) in [5, 5.41) is 12.0. The summed E-state index contributed by atoms with van der Waals surface area (Å²) in [6.45, 7) is 6.60. The predicted octanol–water partition coefficient (Wildman–Crippen LogP) is -0.573. The topological polar surface area (TPSA) is 100.0 Å². The van der Waals surface area contributed by atoms with E-state index < -0.39 is 5.54 Å². The van der Waals surface area contributed by atoms with Crippen LogP contribution in [0.5, 0.6) is 0 Å². The Bertz CT molecular complexity index is 587. The van der Waals surface area contributed by atoms with Gasteiger partial charge < -0.3 is 20.4 Å². The number of anilines is 1. The van der Waals surface area contributed by atoms with Crippen molar-refractivity contribution >= 4 is 11.7 Å². The van der Waals surface area contributed by atoms with Gasteiger partial charge in [-0.1, -0.05) is 5.16 Å². The fourth-order valence-electron chi connectivity index (χ4n) is 2.46. The summed E-state index contributed by atoms with van der Waals surface area (Å²) < 4.78 is 1.52. The second kappa shape index (κ2) is 5.72. The second-order valence-electron chi connectivity index (χ2n) is 5.69. The van der Waals surface area contributed by atoms with Gasteiger partial charge in [0.1, 0.15) is 0 Å². The van der Waals surface area contributed by atoms with Gasteiger partial charge in [0.05, 0.1) is 5.54 Å². The van der Waals surface area contributed by atoms with Crippen LogP contribution in [-0.2, 0) is 7.05 Å². The summed E-state index contributed by atoms with van der Waals surface area (Å²) in [5.41, 5.74) is 5.14. The molecule has 0 spiro atoms. The Morgan fingerprint density at radius 1 is 1.38 bits per heavy atom. The first kappa shape index (κ1) is 15.3. The van der Waals surface area contributed by atoms with E-state index in [0.29, 0.717) is 32.0 Å². The van der Waals surface area contributed by atoms with Gasteiger partial charge in [0.2, 0.25) is 0 Å². The van der Waals surface area contributed by atoms with Crippen LogP contribution in [0.3, 0.4) is 0 Å². The Morgan fingerprint density at radius 2 is 2.00 bits per heavy atom. The van der Waals surface area contributed by atoms with Crippen molar-refractivity contribution in [2.24, 2.45) is 17.9 Å². The lowest BCUT2D eigenvalue weighted by molar-refractivity contribution is 0.160. The monoisotopic (exact) mass is 294 g/mol. The summed E-state index contributed by atoms with van der Waals surface area (Å²) in [4.78, 5) is 20.4. The average molecular weight is 294 g/mol. The second-order valence-corrected chi connectivity index (χ2v) is 5.69. The molecule has 116 valence electrons. The number of aryl methyl sites for hydroxylation is 1. The third-order valence-electron chi connectivity index (χ3n) is 4.10. The van der Waals surface area contributed by atoms with Gasteiger partial charge in [-0.3, -0.25) is 9.69 Å². The van der Waals surface area contributed by atoms with Crippen LogP contribution in [0.25, 0.3) is 0 Å². The predicted molar refractivity (Wildman–Crippen MR) is 80.8 cm³/mol. The number of nitrogens with two attached hydrogens (primary N) is 1. The molecule has 8 heteroatoms. The van der Waals surface area contributed by atoms with Crippen LogP contribution in [0.1, 0.15) is 13.8 Å². The highest BCUT2D eigenvalue weighted by Gasteiger charge is 2.34. The van der Waals surface area contributed by atoms with Crippen molar-refractivity contribution < 1.29 is 5.21 Å². The Kier molecular flexibility index (Phi) is 4.17. The number of rotatable bonds is 3. The summed E-state index contributed by atoms with van der Waals surface area (Å²) in [5.74, 6) is 0.658. The molecule has 2 heterocycles. The Hall–Kier alpha value is -2.09. The van der Waals surface area contributed by atoms with Crippen LogP contribution in [0.15, 0.2) is 22.3 Å². The highest BCUT2D eigenvalue weighted by Crippen LogP contribution is 2.18. The molecule has 0 saturated carbocycles. The van der Waals surface area contributed by atoms with Crippen molar-refractivity contribution in [1.82, 2.24) is 14.5 Å². The van der Waals surface area contributed by atoms with Crippen molar-refractivity contribution in [3.8, 4) is 0 Å². The molecule has 3 N–H and O–H groups in total. The molecule has 0 amide bonds. The number of aromatic nitrogens is 2. The molecule has 1 aliphatic heterocycles. The molecule has 0 atom stereocenters. The first-order valence-electron chi connectivity index (χ1n) is 6.87. The normalized spacial score (nSPS) is 18.0. The molecule has 0 aliphatic carbocycles. The number of piperazine rings is 1. The number of oxime groups is 1. The van der Waals surface area contributed by atoms with Crippen molar-refractivity contribution in [1.29, 1.82) is 0 Å². The molecule has 21 heavy (non-hydrogen) atoms. The van der Waals surface area contributed by atoms with Gasteiger partial charge in [-0.2, -0.15) is 0 Å². The summed E-state index contributed by atoms with van der Waals surface area (Å²) in [6, 6.07) is 0. The maximum absolute atomic E-state index is 12.1. The van der Waals surface area contributed by atoms with E-state index in [0.717, 1.165) is 0 Å². The minimum absolute atomic E-state index is 0.0957. The number of hydrogen-bond donors (Lipinski definition) is 2. The first-order chi connectivity index (χ1) is 9.87. The Labute approximate surface area is 123 Å². The first-order valence-corrected chi connectivity index (χ1v) is 6.87. The van der Waals surface area contributed by atoms with E-state index in [1.807, 2.05) is 18.7 Å².